The summed E-state index contributed by atoms with van der Waals surface area (Å²) in [5.41, 5.74) is -0.307. The van der Waals surface area contributed by atoms with E-state index in [1.807, 2.05) is 0 Å². The molecule has 0 aliphatic carbocycles. The molecular formula is C24H24FNO4. The molecule has 1 aliphatic heterocycles. The van der Waals surface area contributed by atoms with E-state index in [9.17, 15) is 18.8 Å². The number of esters is 1. The summed E-state index contributed by atoms with van der Waals surface area (Å²) in [5.74, 6) is -1.92. The van der Waals surface area contributed by atoms with E-state index in [1.165, 1.54) is 12.1 Å². The number of carbonyl (C=O) groups excluding carboxylic acids is 3. The maximum absolute atomic E-state index is 13.4. The van der Waals surface area contributed by atoms with E-state index < -0.39 is 23.2 Å². The molecule has 0 saturated carbocycles. The minimum Gasteiger partial charge on any atom is -0.465 e. The molecule has 5 nitrogen and oxygen atoms in total. The maximum atomic E-state index is 13.4. The van der Waals surface area contributed by atoms with Crippen LogP contribution < -0.4 is 0 Å². The highest BCUT2D eigenvalue weighted by atomic mass is 19.1. The number of amides is 2. The molecule has 0 bridgehead atoms. The van der Waals surface area contributed by atoms with Crippen molar-refractivity contribution in [1.82, 2.24) is 4.90 Å². The molecule has 1 atom stereocenters. The smallest absolute Gasteiger partial charge is 0.321 e. The van der Waals surface area contributed by atoms with Gasteiger partial charge in [0.1, 0.15) is 5.82 Å². The average Bonchev–Trinajstić information content (AvgIpc) is 2.76. The minimum absolute atomic E-state index is 0.0978. The molecule has 2 aromatic carbocycles. The zero-order chi connectivity index (χ0) is 21.6. The zero-order valence-corrected chi connectivity index (χ0v) is 16.8. The number of piperidine rings is 1. The van der Waals surface area contributed by atoms with Gasteiger partial charge in [-0.05, 0) is 56.0 Å². The quantitative estimate of drug-likeness (QED) is 0.407. The SMILES string of the molecule is CCOC(=O)C1(CC=Cc2ccc(F)cc2)CCCN(C(=O)c2ccccc2)C1=O. The number of nitrogens with zero attached hydrogens (tertiary/aromatic N) is 1. The summed E-state index contributed by atoms with van der Waals surface area (Å²) in [4.78, 5) is 40.3. The standard InChI is InChI=1S/C24H24FNO4/c1-2-30-23(29)24(15-6-8-18-11-13-20(25)14-12-18)16-7-17-26(22(24)28)21(27)19-9-4-3-5-10-19/h3-6,8-14H,2,7,15-17H2,1H3. The van der Waals surface area contributed by atoms with Gasteiger partial charge in [0.05, 0.1) is 6.61 Å². The number of halogens is 1. The highest BCUT2D eigenvalue weighted by molar-refractivity contribution is 6.13. The molecule has 0 spiro atoms. The summed E-state index contributed by atoms with van der Waals surface area (Å²) >= 11 is 0. The molecule has 0 aromatic heterocycles. The van der Waals surface area contributed by atoms with E-state index in [2.05, 4.69) is 0 Å². The lowest BCUT2D eigenvalue weighted by Gasteiger charge is -2.38. The van der Waals surface area contributed by atoms with E-state index in [4.69, 9.17) is 4.74 Å². The molecule has 1 heterocycles. The fourth-order valence-corrected chi connectivity index (χ4v) is 3.64. The van der Waals surface area contributed by atoms with Crippen LogP contribution in [0.3, 0.4) is 0 Å². The van der Waals surface area contributed by atoms with Gasteiger partial charge in [-0.25, -0.2) is 4.39 Å². The van der Waals surface area contributed by atoms with Crippen LogP contribution in [0, 0.1) is 11.2 Å². The third kappa shape index (κ3) is 4.48. The first-order valence-corrected chi connectivity index (χ1v) is 9.98. The lowest BCUT2D eigenvalue weighted by atomic mass is 9.75. The molecule has 0 N–H and O–H groups in total. The predicted molar refractivity (Wildman–Crippen MR) is 111 cm³/mol. The number of hydrogen-bond donors (Lipinski definition) is 0. The van der Waals surface area contributed by atoms with Crippen LogP contribution in [0.25, 0.3) is 6.08 Å². The van der Waals surface area contributed by atoms with Gasteiger partial charge in [0.25, 0.3) is 5.91 Å². The normalized spacial score (nSPS) is 19.1. The Morgan fingerprint density at radius 1 is 1.13 bits per heavy atom. The molecule has 1 saturated heterocycles. The minimum atomic E-state index is -1.45. The number of carbonyl (C=O) groups is 3. The van der Waals surface area contributed by atoms with Crippen molar-refractivity contribution in [2.24, 2.45) is 5.41 Å². The van der Waals surface area contributed by atoms with E-state index >= 15 is 0 Å². The van der Waals surface area contributed by atoms with Crippen molar-refractivity contribution in [2.75, 3.05) is 13.2 Å². The zero-order valence-electron chi connectivity index (χ0n) is 16.8. The Hall–Kier alpha value is -3.28. The van der Waals surface area contributed by atoms with Gasteiger partial charge in [-0.3, -0.25) is 19.3 Å². The van der Waals surface area contributed by atoms with E-state index in [0.717, 1.165) is 10.5 Å². The van der Waals surface area contributed by atoms with Gasteiger partial charge < -0.3 is 4.74 Å². The molecule has 1 unspecified atom stereocenters. The number of rotatable bonds is 6. The largest absolute Gasteiger partial charge is 0.465 e. The number of allylic oxidation sites excluding steroid dienone is 1. The Labute approximate surface area is 175 Å². The molecule has 2 aromatic rings. The molecule has 1 fully saturated rings. The molecule has 156 valence electrons. The van der Waals surface area contributed by atoms with E-state index in [1.54, 1.807) is 61.5 Å². The first kappa shape index (κ1) is 21.4. The highest BCUT2D eigenvalue weighted by Crippen LogP contribution is 2.37. The van der Waals surface area contributed by atoms with Crippen LogP contribution in [0.15, 0.2) is 60.7 Å². The summed E-state index contributed by atoms with van der Waals surface area (Å²) in [6, 6.07) is 14.4. The van der Waals surface area contributed by atoms with Gasteiger partial charge in [0.2, 0.25) is 5.91 Å². The maximum Gasteiger partial charge on any atom is 0.321 e. The van der Waals surface area contributed by atoms with Crippen molar-refractivity contribution >= 4 is 23.9 Å². The van der Waals surface area contributed by atoms with Crippen LogP contribution in [0.1, 0.15) is 42.1 Å². The van der Waals surface area contributed by atoms with Crippen molar-refractivity contribution in [3.63, 3.8) is 0 Å². The van der Waals surface area contributed by atoms with Crippen molar-refractivity contribution in [3.8, 4) is 0 Å². The summed E-state index contributed by atoms with van der Waals surface area (Å²) in [6.45, 7) is 2.08. The summed E-state index contributed by atoms with van der Waals surface area (Å²) in [7, 11) is 0. The summed E-state index contributed by atoms with van der Waals surface area (Å²) in [5, 5.41) is 0. The van der Waals surface area contributed by atoms with Gasteiger partial charge in [-0.2, -0.15) is 0 Å². The lowest BCUT2D eigenvalue weighted by molar-refractivity contribution is -0.166. The predicted octanol–water partition coefficient (Wildman–Crippen LogP) is 4.24. The summed E-state index contributed by atoms with van der Waals surface area (Å²) < 4.78 is 18.3. The molecule has 1 aliphatic rings. The molecule has 6 heteroatoms. The molecular weight excluding hydrogens is 385 g/mol. The fraction of sp³-hybridized carbons (Fsp3) is 0.292. The second-order valence-electron chi connectivity index (χ2n) is 7.19. The third-order valence-electron chi connectivity index (χ3n) is 5.22. The highest BCUT2D eigenvalue weighted by Gasteiger charge is 2.52. The van der Waals surface area contributed by atoms with Crippen molar-refractivity contribution in [3.05, 3.63) is 77.6 Å². The lowest BCUT2D eigenvalue weighted by Crippen LogP contribution is -2.55. The number of imide groups is 1. The molecule has 0 radical (unpaired) electrons. The van der Waals surface area contributed by atoms with E-state index in [0.29, 0.717) is 18.4 Å². The first-order chi connectivity index (χ1) is 14.5. The monoisotopic (exact) mass is 409 g/mol. The van der Waals surface area contributed by atoms with Gasteiger partial charge in [0.15, 0.2) is 5.41 Å². The van der Waals surface area contributed by atoms with Gasteiger partial charge >= 0.3 is 5.97 Å². The molecule has 3 rings (SSSR count). The Morgan fingerprint density at radius 3 is 2.50 bits per heavy atom. The van der Waals surface area contributed by atoms with E-state index in [-0.39, 0.29) is 25.4 Å². The Balaban J connectivity index is 1.87. The van der Waals surface area contributed by atoms with Crippen LogP contribution in [-0.4, -0.2) is 35.8 Å². The Bertz CT molecular complexity index is 939. The number of ether oxygens (including phenoxy) is 1. The number of hydrogen-bond acceptors (Lipinski definition) is 4. The number of benzene rings is 2. The number of likely N-dealkylation sites (tertiary alicyclic amines) is 1. The van der Waals surface area contributed by atoms with Crippen LogP contribution >= 0.6 is 0 Å². The molecule has 30 heavy (non-hydrogen) atoms. The third-order valence-corrected chi connectivity index (χ3v) is 5.22. The first-order valence-electron chi connectivity index (χ1n) is 9.98. The second-order valence-corrected chi connectivity index (χ2v) is 7.19. The van der Waals surface area contributed by atoms with Crippen molar-refractivity contribution < 1.29 is 23.5 Å². The second kappa shape index (κ2) is 9.48. The van der Waals surface area contributed by atoms with Crippen molar-refractivity contribution in [1.29, 1.82) is 0 Å². The van der Waals surface area contributed by atoms with Crippen molar-refractivity contribution in [2.45, 2.75) is 26.2 Å². The molecule has 2 amide bonds. The Morgan fingerprint density at radius 2 is 1.83 bits per heavy atom. The van der Waals surface area contributed by atoms with Gasteiger partial charge in [0, 0.05) is 12.1 Å². The average molecular weight is 409 g/mol. The van der Waals surface area contributed by atoms with Gasteiger partial charge in [-0.15, -0.1) is 0 Å². The fourth-order valence-electron chi connectivity index (χ4n) is 3.64. The van der Waals surface area contributed by atoms with Crippen LogP contribution in [0.5, 0.6) is 0 Å². The Kier molecular flexibility index (Phi) is 6.77. The van der Waals surface area contributed by atoms with Gasteiger partial charge in [-0.1, -0.05) is 42.5 Å². The summed E-state index contributed by atoms with van der Waals surface area (Å²) in [6.07, 6.45) is 4.34. The van der Waals surface area contributed by atoms with Crippen LogP contribution in [0.2, 0.25) is 0 Å². The topological polar surface area (TPSA) is 63.7 Å². The van der Waals surface area contributed by atoms with Crippen LogP contribution in [-0.2, 0) is 14.3 Å². The van der Waals surface area contributed by atoms with Crippen LogP contribution in [0.4, 0.5) is 4.39 Å².